The van der Waals surface area contributed by atoms with E-state index < -0.39 is 12.1 Å². The van der Waals surface area contributed by atoms with Gasteiger partial charge in [0.05, 0.1) is 11.1 Å². The molecule has 4 N–H and O–H groups in total. The highest BCUT2D eigenvalue weighted by Gasteiger charge is 2.38. The number of hydrogen-bond acceptors (Lipinski definition) is 6. The van der Waals surface area contributed by atoms with Crippen molar-refractivity contribution < 1.29 is 23.1 Å². The molecule has 10 heteroatoms. The van der Waals surface area contributed by atoms with E-state index in [9.17, 15) is 13.2 Å². The predicted octanol–water partition coefficient (Wildman–Crippen LogP) is 4.26. The number of aryl methyl sites for hydroxylation is 2. The molecule has 160 valence electrons. The van der Waals surface area contributed by atoms with Crippen molar-refractivity contribution in [2.24, 2.45) is 0 Å². The molecule has 0 fully saturated rings. The van der Waals surface area contributed by atoms with Gasteiger partial charge < -0.3 is 16.2 Å². The van der Waals surface area contributed by atoms with Gasteiger partial charge in [0.2, 0.25) is 5.95 Å². The molecule has 0 aliphatic rings. The second-order valence-corrected chi connectivity index (χ2v) is 6.53. The minimum Gasteiger partial charge on any atom is -0.475 e. The molecule has 0 aliphatic carbocycles. The minimum atomic E-state index is -5.08. The number of anilines is 2. The van der Waals surface area contributed by atoms with Gasteiger partial charge in [-0.2, -0.15) is 23.1 Å². The third kappa shape index (κ3) is 5.13. The fourth-order valence-electron chi connectivity index (χ4n) is 2.81. The van der Waals surface area contributed by atoms with Crippen molar-refractivity contribution in [3.05, 3.63) is 41.0 Å². The highest BCUT2D eigenvalue weighted by Crippen LogP contribution is 2.30. The van der Waals surface area contributed by atoms with Gasteiger partial charge in [-0.15, -0.1) is 0 Å². The molecule has 0 spiro atoms. The molecule has 30 heavy (non-hydrogen) atoms. The van der Waals surface area contributed by atoms with Crippen molar-refractivity contribution in [1.82, 2.24) is 15.0 Å². The Morgan fingerprint density at radius 1 is 1.07 bits per heavy atom. The van der Waals surface area contributed by atoms with Crippen molar-refractivity contribution in [2.45, 2.75) is 33.9 Å². The van der Waals surface area contributed by atoms with E-state index in [1.165, 1.54) is 16.7 Å². The van der Waals surface area contributed by atoms with E-state index in [4.69, 9.17) is 20.6 Å². The first-order valence-corrected chi connectivity index (χ1v) is 9.01. The Balaban J connectivity index is 0.000000396. The fraction of sp³-hybridized carbons (Fsp3) is 0.300. The summed E-state index contributed by atoms with van der Waals surface area (Å²) in [5, 5.41) is 11.2. The second-order valence-electron chi connectivity index (χ2n) is 6.53. The second kappa shape index (κ2) is 8.93. The Labute approximate surface area is 171 Å². The number of carboxylic acids is 1. The maximum atomic E-state index is 10.6. The van der Waals surface area contributed by atoms with Crippen molar-refractivity contribution in [3.63, 3.8) is 0 Å². The number of carbonyl (C=O) groups is 1. The third-order valence-corrected chi connectivity index (χ3v) is 4.36. The minimum absolute atomic E-state index is 0.232. The predicted molar refractivity (Wildman–Crippen MR) is 109 cm³/mol. The molecule has 0 amide bonds. The first-order valence-electron chi connectivity index (χ1n) is 9.01. The summed E-state index contributed by atoms with van der Waals surface area (Å²) < 4.78 is 31.7. The molecule has 2 heterocycles. The van der Waals surface area contributed by atoms with Crippen LogP contribution in [0.15, 0.2) is 24.3 Å². The average molecular weight is 421 g/mol. The molecule has 2 aromatic heterocycles. The summed E-state index contributed by atoms with van der Waals surface area (Å²) in [7, 11) is 0. The number of nitrogen functional groups attached to an aromatic ring is 1. The molecule has 1 aromatic carbocycles. The smallest absolute Gasteiger partial charge is 0.475 e. The zero-order valence-electron chi connectivity index (χ0n) is 16.9. The van der Waals surface area contributed by atoms with Gasteiger partial charge in [0.15, 0.2) is 5.65 Å². The summed E-state index contributed by atoms with van der Waals surface area (Å²) in [5.41, 5.74) is 12.2. The lowest BCUT2D eigenvalue weighted by Crippen LogP contribution is -2.21. The van der Waals surface area contributed by atoms with Crippen LogP contribution in [0.4, 0.5) is 24.9 Å². The molecule has 3 rings (SSSR count). The van der Waals surface area contributed by atoms with Gasteiger partial charge >= 0.3 is 12.1 Å². The normalized spacial score (nSPS) is 11.0. The van der Waals surface area contributed by atoms with E-state index in [0.29, 0.717) is 5.65 Å². The van der Waals surface area contributed by atoms with Crippen LogP contribution in [-0.4, -0.2) is 38.7 Å². The Bertz CT molecular complexity index is 1080. The number of nitrogens with one attached hydrogen (secondary N) is 1. The molecule has 0 bridgehead atoms. The number of pyridine rings is 1. The van der Waals surface area contributed by atoms with E-state index in [0.717, 1.165) is 29.0 Å². The summed E-state index contributed by atoms with van der Waals surface area (Å²) in [4.78, 5) is 22.2. The first kappa shape index (κ1) is 22.9. The molecule has 7 nitrogen and oxygen atoms in total. The average Bonchev–Trinajstić information content (AvgIpc) is 2.64. The number of nitrogens with zero attached hydrogens (tertiary/aromatic N) is 3. The lowest BCUT2D eigenvalue weighted by Gasteiger charge is -2.13. The van der Waals surface area contributed by atoms with Crippen LogP contribution in [0.5, 0.6) is 0 Å². The summed E-state index contributed by atoms with van der Waals surface area (Å²) >= 11 is 0. The van der Waals surface area contributed by atoms with Crippen molar-refractivity contribution in [1.29, 1.82) is 0 Å². The monoisotopic (exact) mass is 421 g/mol. The van der Waals surface area contributed by atoms with Gasteiger partial charge in [0, 0.05) is 12.1 Å². The maximum absolute atomic E-state index is 10.6. The number of nitrogens with two attached hydrogens (primary N) is 1. The van der Waals surface area contributed by atoms with E-state index in [2.05, 4.69) is 48.2 Å². The van der Waals surface area contributed by atoms with Crippen LogP contribution in [0.1, 0.15) is 23.6 Å². The van der Waals surface area contributed by atoms with Crippen LogP contribution >= 0.6 is 0 Å². The van der Waals surface area contributed by atoms with Gasteiger partial charge in [-0.25, -0.2) is 9.78 Å². The summed E-state index contributed by atoms with van der Waals surface area (Å²) in [5.74, 6) is -1.80. The molecule has 0 saturated carbocycles. The molecule has 0 aliphatic heterocycles. The number of hydrogen-bond donors (Lipinski definition) is 3. The molecule has 0 atom stereocenters. The van der Waals surface area contributed by atoms with Gasteiger partial charge in [0.25, 0.3) is 0 Å². The molecular formula is C20H22F3N5O2. The molecule has 0 saturated heterocycles. The van der Waals surface area contributed by atoms with Gasteiger partial charge in [-0.1, -0.05) is 12.1 Å². The van der Waals surface area contributed by atoms with E-state index in [-0.39, 0.29) is 5.95 Å². The number of aromatic nitrogens is 3. The molecule has 0 unspecified atom stereocenters. The number of alkyl halides is 3. The summed E-state index contributed by atoms with van der Waals surface area (Å²) in [6, 6.07) is 8.30. The molecule has 3 aromatic rings. The van der Waals surface area contributed by atoms with Crippen LogP contribution in [0.3, 0.4) is 0 Å². The summed E-state index contributed by atoms with van der Waals surface area (Å²) in [6.07, 6.45) is -5.08. The van der Waals surface area contributed by atoms with Gasteiger partial charge in [-0.3, -0.25) is 0 Å². The quantitative estimate of drug-likeness (QED) is 0.579. The Kier molecular flexibility index (Phi) is 6.81. The zero-order valence-corrected chi connectivity index (χ0v) is 16.9. The van der Waals surface area contributed by atoms with Crippen molar-refractivity contribution >= 4 is 28.8 Å². The number of benzene rings is 1. The number of halogens is 3. The zero-order chi connectivity index (χ0) is 22.6. The van der Waals surface area contributed by atoms with E-state index >= 15 is 0 Å². The van der Waals surface area contributed by atoms with Gasteiger partial charge in [-0.05, 0) is 56.5 Å². The largest absolute Gasteiger partial charge is 0.490 e. The van der Waals surface area contributed by atoms with Crippen LogP contribution in [0.25, 0.3) is 22.3 Å². The standard InChI is InChI=1S/C18H21N5.C2HF3O2/c1-5-20-16-13-8-9-14(21-17(13)23-18(19)22-16)15-11(3)7-6-10(2)12(15)4;3-2(4,5)1(6)7/h6-9H,5H2,1-4H3,(H3,19,20,21,22,23);(H,6,7). The lowest BCUT2D eigenvalue weighted by molar-refractivity contribution is -0.192. The van der Waals surface area contributed by atoms with Crippen LogP contribution in [0, 0.1) is 20.8 Å². The highest BCUT2D eigenvalue weighted by molar-refractivity contribution is 5.89. The first-order chi connectivity index (χ1) is 14.0. The van der Waals surface area contributed by atoms with Crippen LogP contribution in [-0.2, 0) is 4.79 Å². The Morgan fingerprint density at radius 2 is 1.67 bits per heavy atom. The molecular weight excluding hydrogens is 399 g/mol. The topological polar surface area (TPSA) is 114 Å². The van der Waals surface area contributed by atoms with Crippen molar-refractivity contribution in [3.8, 4) is 11.3 Å². The Morgan fingerprint density at radius 3 is 2.23 bits per heavy atom. The van der Waals surface area contributed by atoms with Gasteiger partial charge in [0.1, 0.15) is 5.82 Å². The molecule has 0 radical (unpaired) electrons. The lowest BCUT2D eigenvalue weighted by atomic mass is 9.95. The van der Waals surface area contributed by atoms with E-state index in [1.54, 1.807) is 0 Å². The maximum Gasteiger partial charge on any atom is 0.490 e. The summed E-state index contributed by atoms with van der Waals surface area (Å²) in [6.45, 7) is 9.13. The van der Waals surface area contributed by atoms with Crippen molar-refractivity contribution in [2.75, 3.05) is 17.6 Å². The highest BCUT2D eigenvalue weighted by atomic mass is 19.4. The van der Waals surface area contributed by atoms with Crippen LogP contribution in [0.2, 0.25) is 0 Å². The number of carboxylic acid groups (broad SMARTS) is 1. The number of rotatable bonds is 3. The third-order valence-electron chi connectivity index (χ3n) is 4.36. The fourth-order valence-corrected chi connectivity index (χ4v) is 2.81. The van der Waals surface area contributed by atoms with Crippen LogP contribution < -0.4 is 11.1 Å². The number of fused-ring (bicyclic) bond motifs is 1. The SMILES string of the molecule is CCNc1nc(N)nc2nc(-c3c(C)ccc(C)c3C)ccc12.O=C(O)C(F)(F)F. The Hall–Kier alpha value is -3.43. The number of aliphatic carboxylic acids is 1. The van der Waals surface area contributed by atoms with E-state index in [1.807, 2.05) is 19.1 Å².